The fourth-order valence-electron chi connectivity index (χ4n) is 2.50. The van der Waals surface area contributed by atoms with Gasteiger partial charge in [-0.2, -0.15) is 5.26 Å². The van der Waals surface area contributed by atoms with Crippen molar-refractivity contribution in [2.24, 2.45) is 5.92 Å². The molecule has 1 atom stereocenters. The fraction of sp³-hybridized carbons (Fsp3) is 0.938. The second kappa shape index (κ2) is 13.9. The summed E-state index contributed by atoms with van der Waals surface area (Å²) in [4.78, 5) is 14.9. The van der Waals surface area contributed by atoms with E-state index in [0.29, 0.717) is 12.3 Å². The molecule has 19 heavy (non-hydrogen) atoms. The molecule has 0 bridgehead atoms. The smallest absolute Gasteiger partial charge is 0.301 e. The Morgan fingerprint density at radius 3 is 2.00 bits per heavy atom. The second-order valence-corrected chi connectivity index (χ2v) is 5.59. The summed E-state index contributed by atoms with van der Waals surface area (Å²) in [5, 5.41) is 8.35. The molecule has 0 aliphatic rings. The van der Waals surface area contributed by atoms with Crippen LogP contribution in [0.25, 0.3) is 0 Å². The van der Waals surface area contributed by atoms with Crippen LogP contribution in [0.3, 0.4) is 0 Å². The van der Waals surface area contributed by atoms with Crippen LogP contribution < -0.4 is 0 Å². The first-order chi connectivity index (χ1) is 9.24. The molecular weight excluding hydrogens is 240 g/mol. The van der Waals surface area contributed by atoms with E-state index in [4.69, 9.17) is 5.26 Å². The van der Waals surface area contributed by atoms with Gasteiger partial charge in [0.05, 0.1) is 6.42 Å². The van der Waals surface area contributed by atoms with Crippen molar-refractivity contribution in [2.75, 3.05) is 0 Å². The van der Waals surface area contributed by atoms with Crippen LogP contribution in [0.15, 0.2) is 0 Å². The number of rotatable bonds is 13. The molecule has 0 aromatic heterocycles. The predicted octanol–water partition coefficient (Wildman–Crippen LogP) is 5.34. The zero-order valence-electron chi connectivity index (χ0n) is 12.8. The lowest BCUT2D eigenvalue weighted by Crippen LogP contribution is -2.10. The molecule has 0 aliphatic carbocycles. The highest BCUT2D eigenvalue weighted by Crippen LogP contribution is 2.21. The molecule has 114 valence electrons. The van der Waals surface area contributed by atoms with E-state index in [1.54, 1.807) is 0 Å². The molecular formula is C16H32O3. The van der Waals surface area contributed by atoms with Crippen molar-refractivity contribution in [3.63, 3.8) is 0 Å². The highest BCUT2D eigenvalue weighted by molar-refractivity contribution is 5.68. The van der Waals surface area contributed by atoms with Crippen molar-refractivity contribution in [1.82, 2.24) is 0 Å². The van der Waals surface area contributed by atoms with E-state index in [2.05, 4.69) is 18.7 Å². The van der Waals surface area contributed by atoms with Crippen LogP contribution in [0.4, 0.5) is 0 Å². The standard InChI is InChI=1S/C16H32O3/c1-3-5-7-8-9-10-11-13-15(12-6-4-2)14-16(17)19-18/h15,18H,3-14H2,1-2H3. The average molecular weight is 272 g/mol. The van der Waals surface area contributed by atoms with E-state index in [-0.39, 0.29) is 0 Å². The fourth-order valence-corrected chi connectivity index (χ4v) is 2.50. The van der Waals surface area contributed by atoms with E-state index in [1.807, 2.05) is 0 Å². The molecule has 0 fully saturated rings. The summed E-state index contributed by atoms with van der Waals surface area (Å²) < 4.78 is 0. The monoisotopic (exact) mass is 272 g/mol. The van der Waals surface area contributed by atoms with Gasteiger partial charge in [0, 0.05) is 0 Å². The lowest BCUT2D eigenvalue weighted by atomic mass is 9.92. The topological polar surface area (TPSA) is 46.5 Å². The minimum absolute atomic E-state index is 0.367. The maximum atomic E-state index is 11.1. The molecule has 3 nitrogen and oxygen atoms in total. The third kappa shape index (κ3) is 12.2. The number of unbranched alkanes of at least 4 members (excludes halogenated alkanes) is 7. The van der Waals surface area contributed by atoms with Gasteiger partial charge in [-0.3, -0.25) is 0 Å². The third-order valence-electron chi connectivity index (χ3n) is 3.74. The highest BCUT2D eigenvalue weighted by Gasteiger charge is 2.14. The quantitative estimate of drug-likeness (QED) is 0.279. The zero-order valence-corrected chi connectivity index (χ0v) is 12.8. The summed E-state index contributed by atoms with van der Waals surface area (Å²) in [6.45, 7) is 4.40. The van der Waals surface area contributed by atoms with Crippen LogP contribution in [0.2, 0.25) is 0 Å². The van der Waals surface area contributed by atoms with Gasteiger partial charge >= 0.3 is 5.97 Å². The van der Waals surface area contributed by atoms with Gasteiger partial charge < -0.3 is 4.89 Å². The van der Waals surface area contributed by atoms with E-state index in [0.717, 1.165) is 25.7 Å². The molecule has 0 aliphatic heterocycles. The van der Waals surface area contributed by atoms with Crippen molar-refractivity contribution in [1.29, 1.82) is 0 Å². The summed E-state index contributed by atoms with van der Waals surface area (Å²) in [5.74, 6) is -0.0979. The molecule has 0 saturated carbocycles. The normalized spacial score (nSPS) is 12.4. The third-order valence-corrected chi connectivity index (χ3v) is 3.74. The van der Waals surface area contributed by atoms with Crippen LogP contribution in [-0.2, 0) is 9.68 Å². The van der Waals surface area contributed by atoms with Gasteiger partial charge in [-0.05, 0) is 18.8 Å². The summed E-state index contributed by atoms with van der Waals surface area (Å²) in [6.07, 6.45) is 13.9. The van der Waals surface area contributed by atoms with Gasteiger partial charge in [0.2, 0.25) is 0 Å². The predicted molar refractivity (Wildman–Crippen MR) is 79.0 cm³/mol. The van der Waals surface area contributed by atoms with Gasteiger partial charge in [0.25, 0.3) is 0 Å². The van der Waals surface area contributed by atoms with Gasteiger partial charge in [0.15, 0.2) is 0 Å². The van der Waals surface area contributed by atoms with E-state index >= 15 is 0 Å². The Kier molecular flexibility index (Phi) is 13.4. The summed E-state index contributed by atoms with van der Waals surface area (Å²) >= 11 is 0. The maximum Gasteiger partial charge on any atom is 0.342 e. The average Bonchev–Trinajstić information content (AvgIpc) is 2.43. The highest BCUT2D eigenvalue weighted by atomic mass is 17.1. The Morgan fingerprint density at radius 2 is 1.42 bits per heavy atom. The SMILES string of the molecule is CCCCCCCCCC(CCCC)CC(=O)OO. The van der Waals surface area contributed by atoms with E-state index < -0.39 is 5.97 Å². The number of hydrogen-bond acceptors (Lipinski definition) is 3. The molecule has 0 aromatic carbocycles. The second-order valence-electron chi connectivity index (χ2n) is 5.59. The van der Waals surface area contributed by atoms with E-state index in [9.17, 15) is 4.79 Å². The lowest BCUT2D eigenvalue weighted by Gasteiger charge is -2.14. The zero-order chi connectivity index (χ0) is 14.3. The Hall–Kier alpha value is -0.570. The van der Waals surface area contributed by atoms with Crippen molar-refractivity contribution in [3.05, 3.63) is 0 Å². The molecule has 0 spiro atoms. The Morgan fingerprint density at radius 1 is 0.895 bits per heavy atom. The van der Waals surface area contributed by atoms with Crippen LogP contribution in [0, 0.1) is 5.92 Å². The first-order valence-corrected chi connectivity index (χ1v) is 8.08. The van der Waals surface area contributed by atoms with Crippen LogP contribution in [0.1, 0.15) is 90.9 Å². The minimum Gasteiger partial charge on any atom is -0.301 e. The molecule has 0 amide bonds. The summed E-state index contributed by atoms with van der Waals surface area (Å²) in [6, 6.07) is 0. The summed E-state index contributed by atoms with van der Waals surface area (Å²) in [5.41, 5.74) is 0. The lowest BCUT2D eigenvalue weighted by molar-refractivity contribution is -0.235. The number of hydrogen-bond donors (Lipinski definition) is 1. The van der Waals surface area contributed by atoms with Crippen LogP contribution in [-0.4, -0.2) is 11.2 Å². The van der Waals surface area contributed by atoms with Crippen molar-refractivity contribution in [2.45, 2.75) is 90.9 Å². The summed E-state index contributed by atoms with van der Waals surface area (Å²) in [7, 11) is 0. The van der Waals surface area contributed by atoms with E-state index in [1.165, 1.54) is 44.9 Å². The van der Waals surface area contributed by atoms with Gasteiger partial charge in [-0.15, -0.1) is 0 Å². The van der Waals surface area contributed by atoms with Gasteiger partial charge in [-0.1, -0.05) is 71.6 Å². The minimum atomic E-state index is -0.482. The van der Waals surface area contributed by atoms with Crippen molar-refractivity contribution in [3.8, 4) is 0 Å². The van der Waals surface area contributed by atoms with Gasteiger partial charge in [-0.25, -0.2) is 4.79 Å². The Bertz CT molecular complexity index is 204. The van der Waals surface area contributed by atoms with Gasteiger partial charge in [0.1, 0.15) is 0 Å². The van der Waals surface area contributed by atoms with Crippen molar-refractivity contribution < 1.29 is 14.9 Å². The Balaban J connectivity index is 3.64. The molecule has 3 heteroatoms. The molecule has 0 heterocycles. The largest absolute Gasteiger partial charge is 0.342 e. The van der Waals surface area contributed by atoms with Crippen LogP contribution >= 0.6 is 0 Å². The number of carbonyl (C=O) groups excluding carboxylic acids is 1. The maximum absolute atomic E-state index is 11.1. The molecule has 0 rings (SSSR count). The van der Waals surface area contributed by atoms with Crippen molar-refractivity contribution >= 4 is 5.97 Å². The molecule has 1 N–H and O–H groups in total. The molecule has 0 aromatic rings. The first-order valence-electron chi connectivity index (χ1n) is 8.08. The first kappa shape index (κ1) is 18.4. The number of carbonyl (C=O) groups is 1. The molecule has 0 radical (unpaired) electrons. The molecule has 0 saturated heterocycles. The Labute approximate surface area is 118 Å². The van der Waals surface area contributed by atoms with Crippen LogP contribution in [0.5, 0.6) is 0 Å². The molecule has 1 unspecified atom stereocenters.